The highest BCUT2D eigenvalue weighted by Crippen LogP contribution is 1.90. The predicted molar refractivity (Wildman–Crippen MR) is 40.6 cm³/mol. The second kappa shape index (κ2) is 6.95. The van der Waals surface area contributed by atoms with Crippen molar-refractivity contribution in [3.05, 3.63) is 0 Å². The summed E-state index contributed by atoms with van der Waals surface area (Å²) in [6.07, 6.45) is 3.63. The third-order valence-corrected chi connectivity index (χ3v) is 1.27. The van der Waals surface area contributed by atoms with Gasteiger partial charge in [0.15, 0.2) is 0 Å². The number of hydrogen-bond acceptors (Lipinski definition) is 4. The second-order valence-corrected chi connectivity index (χ2v) is 2.22. The molecule has 4 nitrogen and oxygen atoms in total. The molecule has 0 unspecified atom stereocenters. The minimum Gasteiger partial charge on any atom is -0.230 e. The molecule has 0 heterocycles. The molecule has 0 saturated heterocycles. The molecule has 0 aromatic rings. The van der Waals surface area contributed by atoms with Crippen LogP contribution in [-0.4, -0.2) is 18.8 Å². The molecule has 0 saturated carbocycles. The predicted octanol–water partition coefficient (Wildman–Crippen LogP) is 0.418. The number of nitrogens with two attached hydrogens (primary N) is 1. The maximum atomic E-state index is 4.85. The van der Waals surface area contributed by atoms with Crippen LogP contribution in [0.25, 0.3) is 0 Å². The van der Waals surface area contributed by atoms with E-state index in [4.69, 9.17) is 5.90 Å². The fourth-order valence-electron chi connectivity index (χ4n) is 0.649. The van der Waals surface area contributed by atoms with E-state index in [1.165, 1.54) is 18.0 Å². The number of hydrogen-bond donors (Lipinski definition) is 2. The molecule has 0 aliphatic carbocycles. The van der Waals surface area contributed by atoms with Crippen LogP contribution in [-0.2, 0) is 4.94 Å². The second-order valence-electron chi connectivity index (χ2n) is 2.22. The van der Waals surface area contributed by atoms with Crippen LogP contribution in [0.2, 0.25) is 0 Å². The van der Waals surface area contributed by atoms with Gasteiger partial charge in [-0.2, -0.15) is 10.8 Å². The molecule has 10 heavy (non-hydrogen) atoms. The third-order valence-electron chi connectivity index (χ3n) is 1.27. The molecule has 0 amide bonds. The van der Waals surface area contributed by atoms with Gasteiger partial charge < -0.3 is 0 Å². The van der Waals surface area contributed by atoms with Crippen molar-refractivity contribution in [2.75, 3.05) is 13.6 Å². The highest BCUT2D eigenvalue weighted by atomic mass is 16.8. The molecule has 0 aliphatic heterocycles. The van der Waals surface area contributed by atoms with Gasteiger partial charge in [-0.25, -0.2) is 5.43 Å². The zero-order chi connectivity index (χ0) is 7.82. The Labute approximate surface area is 62.2 Å². The van der Waals surface area contributed by atoms with Crippen LogP contribution in [0.3, 0.4) is 0 Å². The first-order valence-electron chi connectivity index (χ1n) is 3.65. The lowest BCUT2D eigenvalue weighted by Gasteiger charge is -2.12. The zero-order valence-corrected chi connectivity index (χ0v) is 6.76. The van der Waals surface area contributed by atoms with E-state index in [1.807, 2.05) is 0 Å². The summed E-state index contributed by atoms with van der Waals surface area (Å²) in [7, 11) is 1.73. The van der Waals surface area contributed by atoms with Crippen molar-refractivity contribution >= 4 is 0 Å². The van der Waals surface area contributed by atoms with Crippen LogP contribution in [0.4, 0.5) is 0 Å². The van der Waals surface area contributed by atoms with Gasteiger partial charge in [-0.05, 0) is 6.42 Å². The van der Waals surface area contributed by atoms with E-state index in [2.05, 4.69) is 17.3 Å². The molecule has 0 radical (unpaired) electrons. The Morgan fingerprint density at radius 1 is 1.50 bits per heavy atom. The van der Waals surface area contributed by atoms with Crippen LogP contribution >= 0.6 is 0 Å². The molecule has 0 aromatic heterocycles. The van der Waals surface area contributed by atoms with Crippen molar-refractivity contribution in [2.45, 2.75) is 26.2 Å². The summed E-state index contributed by atoms with van der Waals surface area (Å²) >= 11 is 0. The summed E-state index contributed by atoms with van der Waals surface area (Å²) < 4.78 is 0. The maximum Gasteiger partial charge on any atom is 0.0307 e. The molecular formula is C6H17N3O. The quantitative estimate of drug-likeness (QED) is 0.422. The van der Waals surface area contributed by atoms with Crippen molar-refractivity contribution < 1.29 is 4.94 Å². The van der Waals surface area contributed by atoms with E-state index >= 15 is 0 Å². The lowest BCUT2D eigenvalue weighted by molar-refractivity contribution is -0.180. The first-order valence-corrected chi connectivity index (χ1v) is 3.65. The lowest BCUT2D eigenvalue weighted by atomic mass is 10.2. The standard InChI is InChI=1S/C6H17N3O/c1-3-4-5-6-8-9(2)10-7/h8H,3-7H2,1-2H3. The minimum absolute atomic E-state index is 0.918. The summed E-state index contributed by atoms with van der Waals surface area (Å²) in [5.74, 6) is 4.85. The average Bonchev–Trinajstić information content (AvgIpc) is 1.98. The van der Waals surface area contributed by atoms with Gasteiger partial charge in [0, 0.05) is 13.6 Å². The normalized spacial score (nSPS) is 10.8. The molecule has 0 aromatic carbocycles. The Bertz CT molecular complexity index is 70.0. The molecular weight excluding hydrogens is 130 g/mol. The number of rotatable bonds is 6. The van der Waals surface area contributed by atoms with E-state index in [1.54, 1.807) is 7.05 Å². The van der Waals surface area contributed by atoms with Crippen molar-refractivity contribution in [1.29, 1.82) is 0 Å². The number of nitrogens with one attached hydrogen (secondary N) is 1. The highest BCUT2D eigenvalue weighted by Gasteiger charge is 1.91. The van der Waals surface area contributed by atoms with Gasteiger partial charge in [-0.3, -0.25) is 0 Å². The number of nitrogens with zero attached hydrogens (tertiary/aromatic N) is 1. The largest absolute Gasteiger partial charge is 0.230 e. The van der Waals surface area contributed by atoms with E-state index in [0.29, 0.717) is 0 Å². The van der Waals surface area contributed by atoms with Crippen LogP contribution in [0.1, 0.15) is 26.2 Å². The van der Waals surface area contributed by atoms with Gasteiger partial charge >= 0.3 is 0 Å². The van der Waals surface area contributed by atoms with Crippen molar-refractivity contribution in [3.8, 4) is 0 Å². The summed E-state index contributed by atoms with van der Waals surface area (Å²) in [5, 5.41) is 1.40. The number of hydroxylamine groups is 1. The third kappa shape index (κ3) is 5.97. The Morgan fingerprint density at radius 3 is 2.70 bits per heavy atom. The molecule has 0 fully saturated rings. The molecule has 0 spiro atoms. The Balaban J connectivity index is 2.89. The summed E-state index contributed by atoms with van der Waals surface area (Å²) in [6, 6.07) is 0. The van der Waals surface area contributed by atoms with Crippen LogP contribution < -0.4 is 11.3 Å². The number of hydrazine groups is 1. The van der Waals surface area contributed by atoms with Crippen LogP contribution in [0, 0.1) is 0 Å². The molecule has 0 bridgehead atoms. The molecule has 0 atom stereocenters. The number of unbranched alkanes of at least 4 members (excludes halogenated alkanes) is 2. The first-order chi connectivity index (χ1) is 4.81. The highest BCUT2D eigenvalue weighted by molar-refractivity contribution is 4.39. The van der Waals surface area contributed by atoms with Crippen molar-refractivity contribution in [3.63, 3.8) is 0 Å². The van der Waals surface area contributed by atoms with E-state index in [-0.39, 0.29) is 0 Å². The Hall–Kier alpha value is -0.160. The van der Waals surface area contributed by atoms with Gasteiger partial charge in [-0.15, -0.1) is 5.17 Å². The van der Waals surface area contributed by atoms with E-state index in [9.17, 15) is 0 Å². The van der Waals surface area contributed by atoms with Gasteiger partial charge in [0.1, 0.15) is 0 Å². The summed E-state index contributed by atoms with van der Waals surface area (Å²) in [6.45, 7) is 3.09. The molecule has 3 N–H and O–H groups in total. The van der Waals surface area contributed by atoms with Crippen LogP contribution in [0.15, 0.2) is 0 Å². The van der Waals surface area contributed by atoms with Crippen molar-refractivity contribution in [1.82, 2.24) is 10.6 Å². The lowest BCUT2D eigenvalue weighted by Crippen LogP contribution is -2.37. The Kier molecular flexibility index (Phi) is 6.84. The molecule has 0 aliphatic rings. The van der Waals surface area contributed by atoms with Gasteiger partial charge in [0.05, 0.1) is 0 Å². The fourth-order valence-corrected chi connectivity index (χ4v) is 0.649. The van der Waals surface area contributed by atoms with E-state index in [0.717, 1.165) is 13.0 Å². The summed E-state index contributed by atoms with van der Waals surface area (Å²) in [5.41, 5.74) is 2.95. The van der Waals surface area contributed by atoms with Gasteiger partial charge in [-0.1, -0.05) is 19.8 Å². The SMILES string of the molecule is CCCCCNN(C)ON. The summed E-state index contributed by atoms with van der Waals surface area (Å²) in [4.78, 5) is 4.35. The topological polar surface area (TPSA) is 50.5 Å². The maximum absolute atomic E-state index is 4.85. The van der Waals surface area contributed by atoms with Gasteiger partial charge in [0.2, 0.25) is 0 Å². The smallest absolute Gasteiger partial charge is 0.0307 e. The minimum atomic E-state index is 0.918. The van der Waals surface area contributed by atoms with E-state index < -0.39 is 0 Å². The Morgan fingerprint density at radius 2 is 2.20 bits per heavy atom. The molecule has 62 valence electrons. The molecule has 0 rings (SSSR count). The average molecular weight is 147 g/mol. The van der Waals surface area contributed by atoms with Gasteiger partial charge in [0.25, 0.3) is 0 Å². The molecule has 4 heteroatoms. The fraction of sp³-hybridized carbons (Fsp3) is 1.00. The van der Waals surface area contributed by atoms with Crippen LogP contribution in [0.5, 0.6) is 0 Å². The monoisotopic (exact) mass is 147 g/mol. The first kappa shape index (κ1) is 9.84. The zero-order valence-electron chi connectivity index (χ0n) is 6.76. The van der Waals surface area contributed by atoms with Crippen molar-refractivity contribution in [2.24, 2.45) is 5.90 Å².